The highest BCUT2D eigenvalue weighted by Gasteiger charge is 2.29. The van der Waals surface area contributed by atoms with Crippen LogP contribution in [0, 0.1) is 6.92 Å². The molecule has 0 saturated carbocycles. The first-order valence-electron chi connectivity index (χ1n) is 11.3. The summed E-state index contributed by atoms with van der Waals surface area (Å²) in [6.07, 6.45) is 0. The van der Waals surface area contributed by atoms with Crippen LogP contribution in [0.2, 0.25) is 10.0 Å². The number of ether oxygens (including phenoxy) is 2. The molecule has 0 bridgehead atoms. The average molecular weight is 584 g/mol. The molecule has 0 spiro atoms. The number of benzene rings is 3. The summed E-state index contributed by atoms with van der Waals surface area (Å²) in [5.74, 6) is 1.65. The number of aryl methyl sites for hydroxylation is 1. The minimum absolute atomic E-state index is 0.0703. The zero-order valence-electron chi connectivity index (χ0n) is 20.7. The maximum Gasteiger partial charge on any atom is 0.264 e. The van der Waals surface area contributed by atoms with Crippen LogP contribution in [-0.4, -0.2) is 47.4 Å². The first-order chi connectivity index (χ1) is 17.6. The van der Waals surface area contributed by atoms with Crippen molar-refractivity contribution in [2.75, 3.05) is 37.4 Å². The van der Waals surface area contributed by atoms with Crippen LogP contribution >= 0.6 is 35.0 Å². The second-order valence-corrected chi connectivity index (χ2v) is 11.8. The number of hydrogen-bond donors (Lipinski definition) is 1. The van der Waals surface area contributed by atoms with Crippen molar-refractivity contribution in [1.29, 1.82) is 0 Å². The van der Waals surface area contributed by atoms with E-state index in [2.05, 4.69) is 5.32 Å². The Labute approximate surface area is 232 Å². The van der Waals surface area contributed by atoms with Gasteiger partial charge in [0.15, 0.2) is 0 Å². The number of amides is 1. The molecule has 198 valence electrons. The van der Waals surface area contributed by atoms with Crippen molar-refractivity contribution < 1.29 is 22.7 Å². The fourth-order valence-electron chi connectivity index (χ4n) is 3.40. The van der Waals surface area contributed by atoms with Gasteiger partial charge in [-0.2, -0.15) is 11.8 Å². The monoisotopic (exact) mass is 582 g/mol. The molecule has 1 N–H and O–H groups in total. The number of anilines is 1. The number of nitrogens with zero attached hydrogens (tertiary/aromatic N) is 1. The number of rotatable bonds is 12. The summed E-state index contributed by atoms with van der Waals surface area (Å²) < 4.78 is 39.0. The number of nitrogens with one attached hydrogen (secondary N) is 1. The lowest BCUT2D eigenvalue weighted by Crippen LogP contribution is -2.41. The lowest BCUT2D eigenvalue weighted by Gasteiger charge is -2.26. The third-order valence-corrected chi connectivity index (χ3v) is 8.92. The van der Waals surface area contributed by atoms with Gasteiger partial charge in [0.2, 0.25) is 5.91 Å². The molecule has 0 atom stereocenters. The van der Waals surface area contributed by atoms with Gasteiger partial charge in [0.1, 0.15) is 18.0 Å². The van der Waals surface area contributed by atoms with Gasteiger partial charge in [0.25, 0.3) is 10.0 Å². The lowest BCUT2D eigenvalue weighted by atomic mass is 10.2. The van der Waals surface area contributed by atoms with E-state index in [-0.39, 0.29) is 16.3 Å². The SMILES string of the molecule is COc1ccc(N(CC(=O)NCCSCc2ccc(Cl)c(Cl)c2)S(=O)(=O)c2ccc(C)cc2)c(OC)c1. The number of thioether (sulfide) groups is 1. The van der Waals surface area contributed by atoms with Gasteiger partial charge in [0.05, 0.1) is 34.8 Å². The van der Waals surface area contributed by atoms with Gasteiger partial charge in [-0.25, -0.2) is 8.42 Å². The van der Waals surface area contributed by atoms with Crippen LogP contribution in [0.25, 0.3) is 0 Å². The number of sulfonamides is 1. The number of methoxy groups -OCH3 is 2. The molecular weight excluding hydrogens is 555 g/mol. The Kier molecular flexibility index (Phi) is 10.4. The summed E-state index contributed by atoms with van der Waals surface area (Å²) in [4.78, 5) is 12.9. The molecular formula is C26H28Cl2N2O5S2. The third-order valence-electron chi connectivity index (χ3n) is 5.37. The highest BCUT2D eigenvalue weighted by Crippen LogP contribution is 2.35. The van der Waals surface area contributed by atoms with Crippen LogP contribution in [0.1, 0.15) is 11.1 Å². The fourth-order valence-corrected chi connectivity index (χ4v) is 5.95. The van der Waals surface area contributed by atoms with Crippen LogP contribution in [0.3, 0.4) is 0 Å². The Morgan fingerprint density at radius 1 is 0.973 bits per heavy atom. The van der Waals surface area contributed by atoms with E-state index in [9.17, 15) is 13.2 Å². The van der Waals surface area contributed by atoms with Crippen LogP contribution in [0.4, 0.5) is 5.69 Å². The zero-order valence-corrected chi connectivity index (χ0v) is 23.8. The Hall–Kier alpha value is -2.59. The van der Waals surface area contributed by atoms with E-state index < -0.39 is 22.5 Å². The van der Waals surface area contributed by atoms with Crippen LogP contribution in [-0.2, 0) is 20.6 Å². The van der Waals surface area contributed by atoms with Gasteiger partial charge < -0.3 is 14.8 Å². The minimum atomic E-state index is -4.07. The largest absolute Gasteiger partial charge is 0.497 e. The van der Waals surface area contributed by atoms with Crippen LogP contribution in [0.15, 0.2) is 65.6 Å². The predicted molar refractivity (Wildman–Crippen MR) is 151 cm³/mol. The number of hydrogen-bond acceptors (Lipinski definition) is 6. The van der Waals surface area contributed by atoms with Crippen LogP contribution < -0.4 is 19.1 Å². The molecule has 0 unspecified atom stereocenters. The smallest absolute Gasteiger partial charge is 0.264 e. The quantitative estimate of drug-likeness (QED) is 0.281. The maximum absolute atomic E-state index is 13.6. The number of halogens is 2. The number of carbonyl (C=O) groups excluding carboxylic acids is 1. The maximum atomic E-state index is 13.6. The summed E-state index contributed by atoms with van der Waals surface area (Å²) in [7, 11) is -1.14. The van der Waals surface area contributed by atoms with Crippen LogP contribution in [0.5, 0.6) is 11.5 Å². The highest BCUT2D eigenvalue weighted by atomic mass is 35.5. The van der Waals surface area contributed by atoms with Gasteiger partial charge >= 0.3 is 0 Å². The van der Waals surface area contributed by atoms with E-state index in [1.54, 1.807) is 48.2 Å². The van der Waals surface area contributed by atoms with Crippen molar-refractivity contribution in [2.24, 2.45) is 0 Å². The van der Waals surface area contributed by atoms with Crippen molar-refractivity contribution in [1.82, 2.24) is 5.32 Å². The van der Waals surface area contributed by atoms with E-state index in [1.165, 1.54) is 26.4 Å². The van der Waals surface area contributed by atoms with E-state index in [1.807, 2.05) is 19.1 Å². The van der Waals surface area contributed by atoms with Crippen molar-refractivity contribution in [3.8, 4) is 11.5 Å². The highest BCUT2D eigenvalue weighted by molar-refractivity contribution is 7.98. The van der Waals surface area contributed by atoms with E-state index in [0.29, 0.717) is 33.8 Å². The fraction of sp³-hybridized carbons (Fsp3) is 0.269. The molecule has 0 aliphatic rings. The van der Waals surface area contributed by atoms with E-state index >= 15 is 0 Å². The van der Waals surface area contributed by atoms with Crippen molar-refractivity contribution in [3.05, 3.63) is 81.8 Å². The van der Waals surface area contributed by atoms with Crippen molar-refractivity contribution in [2.45, 2.75) is 17.6 Å². The average Bonchev–Trinajstić information content (AvgIpc) is 2.89. The van der Waals surface area contributed by atoms with E-state index in [4.69, 9.17) is 32.7 Å². The van der Waals surface area contributed by atoms with Gasteiger partial charge in [-0.3, -0.25) is 9.10 Å². The zero-order chi connectivity index (χ0) is 27.0. The summed E-state index contributed by atoms with van der Waals surface area (Å²) in [5.41, 5.74) is 2.17. The van der Waals surface area contributed by atoms with Crippen molar-refractivity contribution >= 4 is 56.6 Å². The molecule has 0 heterocycles. The topological polar surface area (TPSA) is 84.9 Å². The summed E-state index contributed by atoms with van der Waals surface area (Å²) in [6, 6.07) is 16.7. The second-order valence-electron chi connectivity index (χ2n) is 8.01. The Balaban J connectivity index is 1.72. The minimum Gasteiger partial charge on any atom is -0.497 e. The molecule has 0 aliphatic heterocycles. The molecule has 1 amide bonds. The first-order valence-corrected chi connectivity index (χ1v) is 14.6. The molecule has 0 fully saturated rings. The summed E-state index contributed by atoms with van der Waals surface area (Å²) in [5, 5.41) is 3.80. The molecule has 3 rings (SSSR count). The lowest BCUT2D eigenvalue weighted by molar-refractivity contribution is -0.119. The number of carbonyl (C=O) groups is 1. The van der Waals surface area contributed by atoms with E-state index in [0.717, 1.165) is 15.4 Å². The molecule has 0 aromatic heterocycles. The standard InChI is InChI=1S/C26H28Cl2N2O5S2/c1-18-4-8-21(9-5-18)37(32,33)30(24-11-7-20(34-2)15-25(24)35-3)16-26(31)29-12-13-36-17-19-6-10-22(27)23(28)14-19/h4-11,14-15H,12-13,16-17H2,1-3H3,(H,29,31). The predicted octanol–water partition coefficient (Wildman–Crippen LogP) is 5.56. The normalized spacial score (nSPS) is 11.2. The molecule has 7 nitrogen and oxygen atoms in total. The van der Waals surface area contributed by atoms with Gasteiger partial charge in [-0.05, 0) is 48.9 Å². The van der Waals surface area contributed by atoms with Gasteiger partial charge in [-0.15, -0.1) is 0 Å². The van der Waals surface area contributed by atoms with Gasteiger partial charge in [0, 0.05) is 24.1 Å². The first kappa shape index (κ1) is 29.0. The van der Waals surface area contributed by atoms with Gasteiger partial charge in [-0.1, -0.05) is 47.0 Å². The second kappa shape index (κ2) is 13.3. The summed E-state index contributed by atoms with van der Waals surface area (Å²) in [6.45, 7) is 1.81. The molecule has 0 saturated heterocycles. The molecule has 37 heavy (non-hydrogen) atoms. The molecule has 3 aromatic carbocycles. The Morgan fingerprint density at radius 3 is 2.35 bits per heavy atom. The third kappa shape index (κ3) is 7.70. The summed E-state index contributed by atoms with van der Waals surface area (Å²) >= 11 is 13.6. The Morgan fingerprint density at radius 2 is 1.70 bits per heavy atom. The molecule has 11 heteroatoms. The Bertz CT molecular complexity index is 1340. The molecule has 0 radical (unpaired) electrons. The molecule has 0 aliphatic carbocycles. The van der Waals surface area contributed by atoms with Crippen molar-refractivity contribution in [3.63, 3.8) is 0 Å². The molecule has 3 aromatic rings.